The lowest BCUT2D eigenvalue weighted by molar-refractivity contribution is 0.0211. The van der Waals surface area contributed by atoms with E-state index in [4.69, 9.17) is 11.6 Å². The van der Waals surface area contributed by atoms with Gasteiger partial charge in [0.1, 0.15) is 0 Å². The molecule has 100 valence electrons. The molecule has 0 spiro atoms. The zero-order valence-electron chi connectivity index (χ0n) is 11.7. The summed E-state index contributed by atoms with van der Waals surface area (Å²) in [6.45, 7) is 7.88. The summed E-state index contributed by atoms with van der Waals surface area (Å²) in [7, 11) is 0. The lowest BCUT2D eigenvalue weighted by Crippen LogP contribution is -2.58. The summed E-state index contributed by atoms with van der Waals surface area (Å²) < 4.78 is 0. The number of hydrogen-bond donors (Lipinski definition) is 1. The fraction of sp³-hybridized carbons (Fsp3) is 0.625. The largest absolute Gasteiger partial charge is 0.314 e. The maximum Gasteiger partial charge on any atom is 0.0441 e. The van der Waals surface area contributed by atoms with Crippen molar-refractivity contribution in [1.29, 1.82) is 0 Å². The Balaban J connectivity index is 2.28. The van der Waals surface area contributed by atoms with Gasteiger partial charge in [0.05, 0.1) is 0 Å². The minimum absolute atomic E-state index is 0.390. The highest BCUT2D eigenvalue weighted by Gasteiger charge is 2.52. The Morgan fingerprint density at radius 3 is 2.44 bits per heavy atom. The van der Waals surface area contributed by atoms with E-state index in [-0.39, 0.29) is 0 Å². The van der Waals surface area contributed by atoms with Crippen molar-refractivity contribution in [2.24, 2.45) is 5.41 Å². The molecule has 0 aliphatic heterocycles. The van der Waals surface area contributed by atoms with Crippen LogP contribution >= 0.6 is 11.6 Å². The van der Waals surface area contributed by atoms with Crippen LogP contribution in [0.2, 0.25) is 5.02 Å². The molecule has 18 heavy (non-hydrogen) atoms. The highest BCUT2D eigenvalue weighted by atomic mass is 35.5. The van der Waals surface area contributed by atoms with Crippen LogP contribution in [0, 0.1) is 5.41 Å². The quantitative estimate of drug-likeness (QED) is 0.820. The highest BCUT2D eigenvalue weighted by molar-refractivity contribution is 6.31. The third kappa shape index (κ3) is 2.08. The molecule has 2 rings (SSSR count). The zero-order valence-corrected chi connectivity index (χ0v) is 12.4. The van der Waals surface area contributed by atoms with Crippen LogP contribution in [0.25, 0.3) is 0 Å². The van der Waals surface area contributed by atoms with E-state index in [1.807, 2.05) is 12.1 Å². The van der Waals surface area contributed by atoms with Crippen molar-refractivity contribution < 1.29 is 0 Å². The van der Waals surface area contributed by atoms with Gasteiger partial charge in [-0.3, -0.25) is 0 Å². The maximum atomic E-state index is 6.38. The first kappa shape index (κ1) is 13.9. The summed E-state index contributed by atoms with van der Waals surface area (Å²) in [6, 6.07) is 9.01. The molecule has 1 aliphatic carbocycles. The molecule has 1 aliphatic rings. The topological polar surface area (TPSA) is 12.0 Å². The molecular formula is C16H24ClN. The average Bonchev–Trinajstić information content (AvgIpc) is 2.37. The Bertz CT molecular complexity index is 398. The second-order valence-electron chi connectivity index (χ2n) is 5.36. The molecule has 1 saturated carbocycles. The van der Waals surface area contributed by atoms with Gasteiger partial charge in [-0.1, -0.05) is 50.6 Å². The monoisotopic (exact) mass is 265 g/mol. The molecule has 0 bridgehead atoms. The molecular weight excluding hydrogens is 242 g/mol. The Morgan fingerprint density at radius 1 is 1.22 bits per heavy atom. The van der Waals surface area contributed by atoms with Gasteiger partial charge in [-0.15, -0.1) is 0 Å². The lowest BCUT2D eigenvalue weighted by Gasteiger charge is -2.57. The fourth-order valence-corrected chi connectivity index (χ4v) is 4.02. The van der Waals surface area contributed by atoms with E-state index in [1.165, 1.54) is 24.8 Å². The van der Waals surface area contributed by atoms with Crippen molar-refractivity contribution in [1.82, 2.24) is 5.32 Å². The van der Waals surface area contributed by atoms with Gasteiger partial charge >= 0.3 is 0 Å². The minimum atomic E-state index is 0.390. The first-order chi connectivity index (χ1) is 8.69. The van der Waals surface area contributed by atoms with Crippen molar-refractivity contribution in [3.63, 3.8) is 0 Å². The third-order valence-electron chi connectivity index (χ3n) is 4.91. The van der Waals surface area contributed by atoms with Crippen LogP contribution in [0.4, 0.5) is 0 Å². The van der Waals surface area contributed by atoms with E-state index in [2.05, 4.69) is 38.2 Å². The van der Waals surface area contributed by atoms with E-state index in [0.717, 1.165) is 11.6 Å². The molecule has 1 aromatic rings. The van der Waals surface area contributed by atoms with Crippen LogP contribution in [0.3, 0.4) is 0 Å². The van der Waals surface area contributed by atoms with E-state index in [0.29, 0.717) is 17.4 Å². The molecule has 1 nitrogen and oxygen atoms in total. The predicted octanol–water partition coefficient (Wildman–Crippen LogP) is 4.61. The number of rotatable bonds is 5. The van der Waals surface area contributed by atoms with Gasteiger partial charge in [0.15, 0.2) is 0 Å². The van der Waals surface area contributed by atoms with Gasteiger partial charge in [-0.25, -0.2) is 0 Å². The van der Waals surface area contributed by atoms with Crippen LogP contribution in [0.5, 0.6) is 0 Å². The summed E-state index contributed by atoms with van der Waals surface area (Å²) in [5, 5.41) is 4.58. The maximum absolute atomic E-state index is 6.38. The van der Waals surface area contributed by atoms with Crippen molar-refractivity contribution >= 4 is 11.6 Å². The molecule has 1 N–H and O–H groups in total. The van der Waals surface area contributed by atoms with Crippen molar-refractivity contribution in [2.75, 3.05) is 6.54 Å². The SMILES string of the molecule is CCNC1CC(c2ccccc2Cl)C1(CC)CC. The van der Waals surface area contributed by atoms with Gasteiger partial charge < -0.3 is 5.32 Å². The second kappa shape index (κ2) is 5.63. The van der Waals surface area contributed by atoms with Crippen LogP contribution in [-0.4, -0.2) is 12.6 Å². The number of benzene rings is 1. The van der Waals surface area contributed by atoms with E-state index in [9.17, 15) is 0 Å². The Kier molecular flexibility index (Phi) is 4.34. The second-order valence-corrected chi connectivity index (χ2v) is 5.77. The van der Waals surface area contributed by atoms with Crippen molar-refractivity contribution in [2.45, 2.75) is 52.0 Å². The molecule has 2 atom stereocenters. The first-order valence-electron chi connectivity index (χ1n) is 7.17. The Labute approximate surface area is 116 Å². The summed E-state index contributed by atoms with van der Waals surface area (Å²) in [5.41, 5.74) is 1.73. The normalized spacial score (nSPS) is 25.8. The van der Waals surface area contributed by atoms with Gasteiger partial charge in [0.25, 0.3) is 0 Å². The molecule has 2 heteroatoms. The summed E-state index contributed by atoms with van der Waals surface area (Å²) >= 11 is 6.38. The van der Waals surface area contributed by atoms with Gasteiger partial charge in [0, 0.05) is 11.1 Å². The average molecular weight is 266 g/mol. The summed E-state index contributed by atoms with van der Waals surface area (Å²) in [6.07, 6.45) is 3.66. The summed E-state index contributed by atoms with van der Waals surface area (Å²) in [5.74, 6) is 0.616. The number of nitrogens with one attached hydrogen (secondary N) is 1. The van der Waals surface area contributed by atoms with Gasteiger partial charge in [0.2, 0.25) is 0 Å². The molecule has 0 aromatic heterocycles. The predicted molar refractivity (Wildman–Crippen MR) is 79.3 cm³/mol. The lowest BCUT2D eigenvalue weighted by atomic mass is 9.52. The van der Waals surface area contributed by atoms with Crippen molar-refractivity contribution in [3.05, 3.63) is 34.9 Å². The minimum Gasteiger partial charge on any atom is -0.314 e. The molecule has 2 unspecified atom stereocenters. The summed E-state index contributed by atoms with van der Waals surface area (Å²) in [4.78, 5) is 0. The molecule has 0 saturated heterocycles. The van der Waals surface area contributed by atoms with Crippen LogP contribution < -0.4 is 5.32 Å². The first-order valence-corrected chi connectivity index (χ1v) is 7.55. The Morgan fingerprint density at radius 2 is 1.89 bits per heavy atom. The fourth-order valence-electron chi connectivity index (χ4n) is 3.75. The highest BCUT2D eigenvalue weighted by Crippen LogP contribution is 2.58. The number of halogens is 1. The van der Waals surface area contributed by atoms with E-state index < -0.39 is 0 Å². The third-order valence-corrected chi connectivity index (χ3v) is 5.25. The van der Waals surface area contributed by atoms with Crippen molar-refractivity contribution in [3.8, 4) is 0 Å². The molecule has 0 heterocycles. The van der Waals surface area contributed by atoms with Crippen LogP contribution in [0.15, 0.2) is 24.3 Å². The van der Waals surface area contributed by atoms with Gasteiger partial charge in [-0.05, 0) is 48.8 Å². The zero-order chi connectivity index (χ0) is 13.2. The molecule has 1 fully saturated rings. The van der Waals surface area contributed by atoms with E-state index in [1.54, 1.807) is 0 Å². The smallest absolute Gasteiger partial charge is 0.0441 e. The van der Waals surface area contributed by atoms with Crippen LogP contribution in [0.1, 0.15) is 51.5 Å². The molecule has 1 aromatic carbocycles. The van der Waals surface area contributed by atoms with E-state index >= 15 is 0 Å². The van der Waals surface area contributed by atoms with Crippen LogP contribution in [-0.2, 0) is 0 Å². The number of hydrogen-bond acceptors (Lipinski definition) is 1. The standard InChI is InChI=1S/C16H24ClN/c1-4-16(5-2)13(11-15(16)18-6-3)12-9-7-8-10-14(12)17/h7-10,13,15,18H,4-6,11H2,1-3H3. The molecule has 0 radical (unpaired) electrons. The van der Waals surface area contributed by atoms with Gasteiger partial charge in [-0.2, -0.15) is 0 Å². The molecule has 0 amide bonds. The Hall–Kier alpha value is -0.530.